The highest BCUT2D eigenvalue weighted by Crippen LogP contribution is 2.34. The van der Waals surface area contributed by atoms with Gasteiger partial charge >= 0.3 is 0 Å². The smallest absolute Gasteiger partial charge is 0.278 e. The molecule has 1 aromatic carbocycles. The molecule has 1 atom stereocenters. The van der Waals surface area contributed by atoms with Crippen molar-refractivity contribution in [2.24, 2.45) is 0 Å². The van der Waals surface area contributed by atoms with Crippen molar-refractivity contribution in [3.63, 3.8) is 0 Å². The number of rotatable bonds is 1. The van der Waals surface area contributed by atoms with Crippen molar-refractivity contribution in [3.05, 3.63) is 34.6 Å². The van der Waals surface area contributed by atoms with E-state index in [1.165, 1.54) is 0 Å². The Balaban J connectivity index is 2.43. The molecule has 0 aliphatic carbocycles. The Morgan fingerprint density at radius 2 is 2.05 bits per heavy atom. The van der Waals surface area contributed by atoms with Gasteiger partial charge in [0.15, 0.2) is 17.5 Å². The number of anilines is 1. The molecule has 0 bridgehead atoms. The first kappa shape index (κ1) is 11.8. The van der Waals surface area contributed by atoms with Crippen molar-refractivity contribution < 1.29 is 9.53 Å². The average molecular weight is 258 g/mol. The van der Waals surface area contributed by atoms with E-state index in [1.807, 2.05) is 31.2 Å². The van der Waals surface area contributed by atoms with Crippen LogP contribution in [-0.2, 0) is 11.3 Å². The Labute approximate surface area is 109 Å². The molecular weight excluding hydrogens is 244 g/mol. The predicted molar refractivity (Wildman–Crippen MR) is 72.6 cm³/mol. The monoisotopic (exact) mass is 258 g/mol. The standard InChI is InChI=1S/C14H14N2O3/c1-3-16-10-7-5-4-6-9(10)12-11(14(16)18)15-13(17)8(2)19-12/h4-8H,3H2,1-2H3,(H,15,17)/t8-/m1/s1. The van der Waals surface area contributed by atoms with Crippen molar-refractivity contribution in [1.82, 2.24) is 4.57 Å². The second kappa shape index (κ2) is 4.12. The summed E-state index contributed by atoms with van der Waals surface area (Å²) >= 11 is 0. The number of carbonyl (C=O) groups is 1. The van der Waals surface area contributed by atoms with E-state index in [0.29, 0.717) is 12.3 Å². The number of carbonyl (C=O) groups excluding carboxylic acids is 1. The number of hydrogen-bond acceptors (Lipinski definition) is 3. The van der Waals surface area contributed by atoms with Crippen molar-refractivity contribution in [2.75, 3.05) is 5.32 Å². The van der Waals surface area contributed by atoms with E-state index >= 15 is 0 Å². The van der Waals surface area contributed by atoms with E-state index < -0.39 is 6.10 Å². The first-order valence-corrected chi connectivity index (χ1v) is 6.26. The molecule has 0 fully saturated rings. The number of pyridine rings is 1. The molecule has 0 saturated carbocycles. The highest BCUT2D eigenvalue weighted by molar-refractivity contribution is 6.02. The lowest BCUT2D eigenvalue weighted by Crippen LogP contribution is -2.38. The molecule has 1 N–H and O–H groups in total. The summed E-state index contributed by atoms with van der Waals surface area (Å²) in [4.78, 5) is 24.0. The normalized spacial score (nSPS) is 17.8. The molecule has 3 rings (SSSR count). The Bertz CT molecular complexity index is 733. The summed E-state index contributed by atoms with van der Waals surface area (Å²) in [5, 5.41) is 3.49. The molecule has 2 heterocycles. The molecule has 0 radical (unpaired) electrons. The number of nitrogens with zero attached hydrogens (tertiary/aromatic N) is 1. The Morgan fingerprint density at radius 3 is 2.79 bits per heavy atom. The highest BCUT2D eigenvalue weighted by Gasteiger charge is 2.28. The number of para-hydroxylation sites is 1. The van der Waals surface area contributed by atoms with Crippen LogP contribution in [0.4, 0.5) is 5.69 Å². The zero-order valence-corrected chi connectivity index (χ0v) is 10.8. The minimum absolute atomic E-state index is 0.226. The van der Waals surface area contributed by atoms with Gasteiger partial charge in [-0.25, -0.2) is 0 Å². The number of hydrogen-bond donors (Lipinski definition) is 1. The van der Waals surface area contributed by atoms with Gasteiger partial charge in [-0.3, -0.25) is 9.59 Å². The molecule has 1 aliphatic heterocycles. The summed E-state index contributed by atoms with van der Waals surface area (Å²) in [6, 6.07) is 7.54. The largest absolute Gasteiger partial charge is 0.478 e. The van der Waals surface area contributed by atoms with Crippen LogP contribution in [0, 0.1) is 0 Å². The summed E-state index contributed by atoms with van der Waals surface area (Å²) in [6.45, 7) is 4.10. The quantitative estimate of drug-likeness (QED) is 0.847. The Kier molecular flexibility index (Phi) is 2.55. The maximum atomic E-state index is 12.4. The summed E-state index contributed by atoms with van der Waals surface area (Å²) in [7, 11) is 0. The number of nitrogens with one attached hydrogen (secondary N) is 1. The topological polar surface area (TPSA) is 60.3 Å². The molecule has 5 heteroatoms. The number of benzene rings is 1. The van der Waals surface area contributed by atoms with Crippen LogP contribution in [0.3, 0.4) is 0 Å². The fourth-order valence-electron chi connectivity index (χ4n) is 2.38. The molecule has 98 valence electrons. The van der Waals surface area contributed by atoms with Gasteiger partial charge in [-0.05, 0) is 26.0 Å². The van der Waals surface area contributed by atoms with Crippen LogP contribution in [0.25, 0.3) is 10.9 Å². The second-order valence-electron chi connectivity index (χ2n) is 4.52. The third-order valence-corrected chi connectivity index (χ3v) is 3.35. The number of aryl methyl sites for hydroxylation is 1. The van der Waals surface area contributed by atoms with E-state index in [0.717, 1.165) is 10.9 Å². The fraction of sp³-hybridized carbons (Fsp3) is 0.286. The number of aromatic nitrogens is 1. The molecule has 1 aliphatic rings. The maximum absolute atomic E-state index is 12.4. The van der Waals surface area contributed by atoms with Crippen LogP contribution >= 0.6 is 0 Å². The molecule has 1 aromatic heterocycles. The van der Waals surface area contributed by atoms with Crippen LogP contribution in [0.1, 0.15) is 13.8 Å². The van der Waals surface area contributed by atoms with Gasteiger partial charge in [-0.1, -0.05) is 12.1 Å². The van der Waals surface area contributed by atoms with Gasteiger partial charge in [0, 0.05) is 11.9 Å². The van der Waals surface area contributed by atoms with Crippen molar-refractivity contribution >= 4 is 22.5 Å². The SMILES string of the molecule is CCn1c(=O)c2c(c3ccccc31)O[C@H](C)C(=O)N2. The fourth-order valence-corrected chi connectivity index (χ4v) is 2.38. The summed E-state index contributed by atoms with van der Waals surface area (Å²) in [5.41, 5.74) is 0.831. The van der Waals surface area contributed by atoms with Crippen LogP contribution in [-0.4, -0.2) is 16.6 Å². The zero-order chi connectivity index (χ0) is 13.6. The molecule has 0 saturated heterocycles. The van der Waals surface area contributed by atoms with Gasteiger partial charge < -0.3 is 14.6 Å². The van der Waals surface area contributed by atoms with Crippen LogP contribution in [0.5, 0.6) is 5.75 Å². The van der Waals surface area contributed by atoms with Gasteiger partial charge in [0.05, 0.1) is 5.52 Å². The zero-order valence-electron chi connectivity index (χ0n) is 10.8. The Morgan fingerprint density at radius 1 is 1.32 bits per heavy atom. The van der Waals surface area contributed by atoms with E-state index in [-0.39, 0.29) is 17.2 Å². The van der Waals surface area contributed by atoms with E-state index in [4.69, 9.17) is 4.74 Å². The predicted octanol–water partition coefficient (Wildman–Crippen LogP) is 1.74. The third kappa shape index (κ3) is 1.62. The average Bonchev–Trinajstić information content (AvgIpc) is 2.42. The van der Waals surface area contributed by atoms with Gasteiger partial charge in [-0.2, -0.15) is 0 Å². The maximum Gasteiger partial charge on any atom is 0.278 e. The number of fused-ring (bicyclic) bond motifs is 3. The molecular formula is C14H14N2O3. The molecule has 5 nitrogen and oxygen atoms in total. The van der Waals surface area contributed by atoms with E-state index in [1.54, 1.807) is 11.5 Å². The lowest BCUT2D eigenvalue weighted by Gasteiger charge is -2.25. The first-order valence-electron chi connectivity index (χ1n) is 6.26. The second-order valence-corrected chi connectivity index (χ2v) is 4.52. The van der Waals surface area contributed by atoms with E-state index in [2.05, 4.69) is 5.32 Å². The summed E-state index contributed by atoms with van der Waals surface area (Å²) < 4.78 is 7.25. The van der Waals surface area contributed by atoms with Gasteiger partial charge in [0.1, 0.15) is 0 Å². The number of amides is 1. The van der Waals surface area contributed by atoms with Crippen molar-refractivity contribution in [1.29, 1.82) is 0 Å². The van der Waals surface area contributed by atoms with Gasteiger partial charge in [-0.15, -0.1) is 0 Å². The molecule has 2 aromatic rings. The van der Waals surface area contributed by atoms with E-state index in [9.17, 15) is 9.59 Å². The van der Waals surface area contributed by atoms with Crippen molar-refractivity contribution in [2.45, 2.75) is 26.5 Å². The molecule has 0 spiro atoms. The molecule has 1 amide bonds. The van der Waals surface area contributed by atoms with Gasteiger partial charge in [0.25, 0.3) is 11.5 Å². The lowest BCUT2D eigenvalue weighted by molar-refractivity contribution is -0.122. The van der Waals surface area contributed by atoms with Crippen molar-refractivity contribution in [3.8, 4) is 5.75 Å². The van der Waals surface area contributed by atoms with Gasteiger partial charge in [0.2, 0.25) is 0 Å². The Hall–Kier alpha value is -2.30. The third-order valence-electron chi connectivity index (χ3n) is 3.35. The molecule has 0 unspecified atom stereocenters. The van der Waals surface area contributed by atoms with Crippen LogP contribution < -0.4 is 15.6 Å². The van der Waals surface area contributed by atoms with Crippen LogP contribution in [0.15, 0.2) is 29.1 Å². The summed E-state index contributed by atoms with van der Waals surface area (Å²) in [5.74, 6) is 0.180. The minimum atomic E-state index is -0.590. The number of ether oxygens (including phenoxy) is 1. The lowest BCUT2D eigenvalue weighted by atomic mass is 10.1. The minimum Gasteiger partial charge on any atom is -0.478 e. The highest BCUT2D eigenvalue weighted by atomic mass is 16.5. The molecule has 19 heavy (non-hydrogen) atoms. The first-order chi connectivity index (χ1) is 9.13. The van der Waals surface area contributed by atoms with Crippen LogP contribution in [0.2, 0.25) is 0 Å². The summed E-state index contributed by atoms with van der Waals surface area (Å²) in [6.07, 6.45) is -0.590.